The van der Waals surface area contributed by atoms with Crippen molar-refractivity contribution >= 4 is 23.4 Å². The van der Waals surface area contributed by atoms with E-state index in [9.17, 15) is 18.0 Å². The largest absolute Gasteiger partial charge is 0.416 e. The zero-order valence-electron chi connectivity index (χ0n) is 13.9. The average molecular weight is 389 g/mol. The Morgan fingerprint density at radius 1 is 1.04 bits per heavy atom. The molecule has 0 aliphatic heterocycles. The van der Waals surface area contributed by atoms with Crippen LogP contribution in [0.5, 0.6) is 0 Å². The first kappa shape index (κ1) is 18.9. The molecule has 0 fully saturated rings. The van der Waals surface area contributed by atoms with E-state index in [0.717, 1.165) is 17.7 Å². The predicted molar refractivity (Wildman–Crippen MR) is 97.4 cm³/mol. The van der Waals surface area contributed by atoms with Crippen molar-refractivity contribution in [3.63, 3.8) is 0 Å². The summed E-state index contributed by atoms with van der Waals surface area (Å²) in [6.45, 7) is 0. The van der Waals surface area contributed by atoms with Crippen LogP contribution >= 0.6 is 11.8 Å². The summed E-state index contributed by atoms with van der Waals surface area (Å²) in [4.78, 5) is 20.7. The van der Waals surface area contributed by atoms with Crippen LogP contribution in [-0.4, -0.2) is 15.9 Å². The fourth-order valence-electron chi connectivity index (χ4n) is 2.28. The highest BCUT2D eigenvalue weighted by Gasteiger charge is 2.30. The lowest BCUT2D eigenvalue weighted by atomic mass is 10.2. The molecular weight excluding hydrogens is 375 g/mol. The molecule has 138 valence electrons. The van der Waals surface area contributed by atoms with Gasteiger partial charge in [0.05, 0.1) is 11.1 Å². The van der Waals surface area contributed by atoms with E-state index in [2.05, 4.69) is 15.3 Å². The van der Waals surface area contributed by atoms with Crippen LogP contribution in [0, 0.1) is 0 Å². The first-order valence-corrected chi connectivity index (χ1v) is 8.87. The predicted octanol–water partition coefficient (Wildman–Crippen LogP) is 5.04. The number of anilines is 1. The number of thioether (sulfide) groups is 1. The van der Waals surface area contributed by atoms with Crippen molar-refractivity contribution in [1.29, 1.82) is 0 Å². The molecule has 3 rings (SSSR count). The highest BCUT2D eigenvalue weighted by atomic mass is 32.2. The minimum absolute atomic E-state index is 0.0729. The van der Waals surface area contributed by atoms with Crippen molar-refractivity contribution in [2.75, 3.05) is 5.32 Å². The van der Waals surface area contributed by atoms with Crippen LogP contribution in [0.3, 0.4) is 0 Å². The number of nitrogens with one attached hydrogen (secondary N) is 1. The number of alkyl halides is 3. The number of amides is 1. The van der Waals surface area contributed by atoms with Crippen molar-refractivity contribution in [2.45, 2.75) is 17.0 Å². The maximum absolute atomic E-state index is 12.8. The molecule has 0 saturated carbocycles. The molecule has 1 N–H and O–H groups in total. The van der Waals surface area contributed by atoms with Crippen molar-refractivity contribution < 1.29 is 18.0 Å². The summed E-state index contributed by atoms with van der Waals surface area (Å²) >= 11 is 1.37. The van der Waals surface area contributed by atoms with Gasteiger partial charge in [0.1, 0.15) is 5.03 Å². The van der Waals surface area contributed by atoms with E-state index in [1.165, 1.54) is 23.9 Å². The number of carbonyl (C=O) groups excluding carboxylic acids is 1. The molecule has 2 aromatic heterocycles. The SMILES string of the molecule is O=C(Nc1cccc(C(F)(F)F)c1)c1cccnc1SCc1ccncc1. The van der Waals surface area contributed by atoms with Gasteiger partial charge in [0.25, 0.3) is 5.91 Å². The molecule has 0 bridgehead atoms. The lowest BCUT2D eigenvalue weighted by Gasteiger charge is -2.11. The first-order valence-electron chi connectivity index (χ1n) is 7.89. The van der Waals surface area contributed by atoms with Gasteiger partial charge in [0, 0.05) is 30.0 Å². The summed E-state index contributed by atoms with van der Waals surface area (Å²) in [6, 6.07) is 11.4. The number of benzene rings is 1. The fourth-order valence-corrected chi connectivity index (χ4v) is 3.23. The van der Waals surface area contributed by atoms with Gasteiger partial charge in [0.2, 0.25) is 0 Å². The quantitative estimate of drug-likeness (QED) is 0.621. The van der Waals surface area contributed by atoms with Gasteiger partial charge >= 0.3 is 6.18 Å². The summed E-state index contributed by atoms with van der Waals surface area (Å²) in [5, 5.41) is 3.01. The number of halogens is 3. The second kappa shape index (κ2) is 8.22. The lowest BCUT2D eigenvalue weighted by Crippen LogP contribution is -2.14. The molecule has 0 atom stereocenters. The second-order valence-electron chi connectivity index (χ2n) is 5.53. The second-order valence-corrected chi connectivity index (χ2v) is 6.50. The van der Waals surface area contributed by atoms with Crippen LogP contribution in [0.25, 0.3) is 0 Å². The van der Waals surface area contributed by atoms with Crippen LogP contribution in [-0.2, 0) is 11.9 Å². The van der Waals surface area contributed by atoms with Crippen molar-refractivity contribution in [1.82, 2.24) is 9.97 Å². The number of rotatable bonds is 5. The molecule has 4 nitrogen and oxygen atoms in total. The summed E-state index contributed by atoms with van der Waals surface area (Å²) in [5.41, 5.74) is 0.571. The van der Waals surface area contributed by atoms with E-state index in [-0.39, 0.29) is 5.69 Å². The lowest BCUT2D eigenvalue weighted by molar-refractivity contribution is -0.137. The minimum Gasteiger partial charge on any atom is -0.322 e. The van der Waals surface area contributed by atoms with Gasteiger partial charge in [-0.2, -0.15) is 13.2 Å². The van der Waals surface area contributed by atoms with E-state index < -0.39 is 17.6 Å². The maximum Gasteiger partial charge on any atom is 0.416 e. The molecule has 0 radical (unpaired) electrons. The molecule has 0 saturated heterocycles. The van der Waals surface area contributed by atoms with Gasteiger partial charge in [-0.25, -0.2) is 4.98 Å². The first-order chi connectivity index (χ1) is 12.9. The number of pyridine rings is 2. The van der Waals surface area contributed by atoms with E-state index in [1.54, 1.807) is 30.7 Å². The van der Waals surface area contributed by atoms with Gasteiger partial charge in [-0.1, -0.05) is 6.07 Å². The fraction of sp³-hybridized carbons (Fsp3) is 0.105. The van der Waals surface area contributed by atoms with Crippen molar-refractivity contribution in [3.05, 3.63) is 83.8 Å². The number of carbonyl (C=O) groups is 1. The summed E-state index contributed by atoms with van der Waals surface area (Å²) in [7, 11) is 0. The van der Waals surface area contributed by atoms with Gasteiger partial charge in [-0.3, -0.25) is 9.78 Å². The summed E-state index contributed by atoms with van der Waals surface area (Å²) in [6.07, 6.45) is 0.446. The topological polar surface area (TPSA) is 54.9 Å². The van der Waals surface area contributed by atoms with Gasteiger partial charge < -0.3 is 5.32 Å². The van der Waals surface area contributed by atoms with Crippen LogP contribution < -0.4 is 5.32 Å². The summed E-state index contributed by atoms with van der Waals surface area (Å²) in [5.74, 6) is 0.0725. The van der Waals surface area contributed by atoms with Crippen LogP contribution in [0.15, 0.2) is 72.1 Å². The Bertz CT molecular complexity index is 933. The molecule has 27 heavy (non-hydrogen) atoms. The zero-order chi connectivity index (χ0) is 19.3. The Kier molecular flexibility index (Phi) is 5.75. The summed E-state index contributed by atoms with van der Waals surface area (Å²) < 4.78 is 38.5. The molecule has 1 amide bonds. The highest BCUT2D eigenvalue weighted by Crippen LogP contribution is 2.31. The Morgan fingerprint density at radius 2 is 1.81 bits per heavy atom. The third-order valence-electron chi connectivity index (χ3n) is 3.59. The Balaban J connectivity index is 1.75. The molecule has 0 unspecified atom stereocenters. The van der Waals surface area contributed by atoms with Gasteiger partial charge in [-0.15, -0.1) is 11.8 Å². The Morgan fingerprint density at radius 3 is 2.56 bits per heavy atom. The van der Waals surface area contributed by atoms with Gasteiger partial charge in [0.15, 0.2) is 0 Å². The van der Waals surface area contributed by atoms with Crippen LogP contribution in [0.2, 0.25) is 0 Å². The molecule has 0 aliphatic carbocycles. The standard InChI is InChI=1S/C19H14F3N3OS/c20-19(21,22)14-3-1-4-15(11-14)25-17(26)16-5-2-8-24-18(16)27-12-13-6-9-23-10-7-13/h1-11H,12H2,(H,25,26). The average Bonchev–Trinajstić information content (AvgIpc) is 2.67. The van der Waals surface area contributed by atoms with E-state index in [4.69, 9.17) is 0 Å². The number of nitrogens with zero attached hydrogens (tertiary/aromatic N) is 2. The smallest absolute Gasteiger partial charge is 0.322 e. The molecule has 0 spiro atoms. The number of hydrogen-bond donors (Lipinski definition) is 1. The number of hydrogen-bond acceptors (Lipinski definition) is 4. The molecule has 0 aliphatic rings. The van der Waals surface area contributed by atoms with E-state index >= 15 is 0 Å². The third kappa shape index (κ3) is 5.07. The monoisotopic (exact) mass is 389 g/mol. The Hall–Kier alpha value is -2.87. The maximum atomic E-state index is 12.8. The Labute approximate surface area is 157 Å². The molecular formula is C19H14F3N3OS. The highest BCUT2D eigenvalue weighted by molar-refractivity contribution is 7.98. The normalized spacial score (nSPS) is 11.2. The van der Waals surface area contributed by atoms with E-state index in [0.29, 0.717) is 16.3 Å². The van der Waals surface area contributed by atoms with Crippen LogP contribution in [0.1, 0.15) is 21.5 Å². The third-order valence-corrected chi connectivity index (χ3v) is 4.66. The zero-order valence-corrected chi connectivity index (χ0v) is 14.7. The molecule has 3 aromatic rings. The minimum atomic E-state index is -4.47. The van der Waals surface area contributed by atoms with Crippen molar-refractivity contribution in [2.24, 2.45) is 0 Å². The van der Waals surface area contributed by atoms with E-state index in [1.807, 2.05) is 12.1 Å². The van der Waals surface area contributed by atoms with Crippen molar-refractivity contribution in [3.8, 4) is 0 Å². The number of aromatic nitrogens is 2. The van der Waals surface area contributed by atoms with Crippen LogP contribution in [0.4, 0.5) is 18.9 Å². The molecule has 8 heteroatoms. The van der Waals surface area contributed by atoms with Gasteiger partial charge in [-0.05, 0) is 48.0 Å². The molecule has 1 aromatic carbocycles. The molecule has 2 heterocycles.